The quantitative estimate of drug-likeness (QED) is 0.396. The summed E-state index contributed by atoms with van der Waals surface area (Å²) < 4.78 is 26.7. The summed E-state index contributed by atoms with van der Waals surface area (Å²) in [4.78, 5) is 3.21. The van der Waals surface area contributed by atoms with E-state index in [2.05, 4.69) is 4.99 Å². The Morgan fingerprint density at radius 1 is 1.35 bits per heavy atom. The van der Waals surface area contributed by atoms with Crippen LogP contribution in [0.15, 0.2) is 35.0 Å². The van der Waals surface area contributed by atoms with Gasteiger partial charge in [-0.1, -0.05) is 16.6 Å². The second kappa shape index (κ2) is 4.38. The number of benzene rings is 1. The second-order valence-electron chi connectivity index (χ2n) is 3.34. The molecule has 0 aliphatic carbocycles. The van der Waals surface area contributed by atoms with Crippen molar-refractivity contribution >= 4 is 12.0 Å². The smallest absolute Gasteiger partial charge is 0.254 e. The molecule has 0 bridgehead atoms. The maximum atomic E-state index is 13.4. The monoisotopic (exact) mass is 241 g/mol. The van der Waals surface area contributed by atoms with Crippen molar-refractivity contribution in [3.8, 4) is 5.75 Å². The molecule has 5 nitrogen and oxygen atoms in total. The molecular formula is C10H9F2N3O2. The summed E-state index contributed by atoms with van der Waals surface area (Å²) in [6, 6.07) is 5.77. The Morgan fingerprint density at radius 3 is 2.53 bits per heavy atom. The number of hydrogen-bond donors (Lipinski definition) is 3. The number of nitrogens with zero attached hydrogens (tertiary/aromatic N) is 2. The lowest BCUT2D eigenvalue weighted by atomic mass is 10.2. The fraction of sp³-hybridized carbons (Fsp3) is 0.100. The summed E-state index contributed by atoms with van der Waals surface area (Å²) in [5.41, 5.74) is 1.59. The SMILES string of the molecule is ONC1=NC(F)/C(=C/c2ccc(O)cc2)N1F. The molecule has 7 heteroatoms. The van der Waals surface area contributed by atoms with Crippen LogP contribution in [0.1, 0.15) is 5.56 Å². The van der Waals surface area contributed by atoms with Gasteiger partial charge in [0, 0.05) is 0 Å². The summed E-state index contributed by atoms with van der Waals surface area (Å²) in [6.45, 7) is 0. The normalized spacial score (nSPS) is 21.8. The molecule has 0 saturated carbocycles. The lowest BCUT2D eigenvalue weighted by molar-refractivity contribution is 0.129. The molecule has 1 aromatic carbocycles. The third-order valence-electron chi connectivity index (χ3n) is 2.20. The van der Waals surface area contributed by atoms with Crippen molar-refractivity contribution in [1.29, 1.82) is 0 Å². The molecule has 0 spiro atoms. The van der Waals surface area contributed by atoms with Crippen LogP contribution in [-0.4, -0.2) is 27.7 Å². The fourth-order valence-electron chi connectivity index (χ4n) is 1.38. The lowest BCUT2D eigenvalue weighted by Gasteiger charge is -2.09. The molecule has 0 saturated heterocycles. The van der Waals surface area contributed by atoms with Crippen LogP contribution in [0, 0.1) is 0 Å². The van der Waals surface area contributed by atoms with Crippen LogP contribution in [0.5, 0.6) is 5.75 Å². The average molecular weight is 241 g/mol. The van der Waals surface area contributed by atoms with Crippen LogP contribution in [0.25, 0.3) is 6.08 Å². The number of nitrogens with one attached hydrogen (secondary N) is 1. The fourth-order valence-corrected chi connectivity index (χ4v) is 1.38. The Morgan fingerprint density at radius 2 is 2.00 bits per heavy atom. The molecule has 3 N–H and O–H groups in total. The van der Waals surface area contributed by atoms with E-state index >= 15 is 0 Å². The maximum absolute atomic E-state index is 13.4. The number of phenols is 1. The van der Waals surface area contributed by atoms with Gasteiger partial charge in [-0.15, -0.1) is 5.12 Å². The third-order valence-corrected chi connectivity index (χ3v) is 2.20. The van der Waals surface area contributed by atoms with Gasteiger partial charge in [0.05, 0.1) is 0 Å². The van der Waals surface area contributed by atoms with Gasteiger partial charge in [-0.05, 0) is 23.8 Å². The molecule has 0 amide bonds. The topological polar surface area (TPSA) is 68.1 Å². The molecule has 1 aliphatic heterocycles. The predicted octanol–water partition coefficient (Wildman–Crippen LogP) is 1.56. The van der Waals surface area contributed by atoms with E-state index < -0.39 is 12.3 Å². The zero-order valence-corrected chi connectivity index (χ0v) is 8.51. The number of aliphatic imine (C=N–C) groups is 1. The minimum absolute atomic E-state index is 0.0569. The van der Waals surface area contributed by atoms with Gasteiger partial charge in [0.25, 0.3) is 5.96 Å². The second-order valence-corrected chi connectivity index (χ2v) is 3.34. The number of guanidine groups is 1. The molecular weight excluding hydrogens is 232 g/mol. The first-order chi connectivity index (χ1) is 8.11. The number of alkyl halides is 1. The van der Waals surface area contributed by atoms with Crippen molar-refractivity contribution in [1.82, 2.24) is 10.6 Å². The van der Waals surface area contributed by atoms with Crippen molar-refractivity contribution in [2.45, 2.75) is 6.30 Å². The highest BCUT2D eigenvalue weighted by Gasteiger charge is 2.31. The van der Waals surface area contributed by atoms with Gasteiger partial charge in [-0.25, -0.2) is 14.9 Å². The lowest BCUT2D eigenvalue weighted by Crippen LogP contribution is -2.29. The minimum Gasteiger partial charge on any atom is -0.508 e. The van der Waals surface area contributed by atoms with Crippen LogP contribution in [0.2, 0.25) is 0 Å². The first-order valence-electron chi connectivity index (χ1n) is 4.70. The highest BCUT2D eigenvalue weighted by Crippen LogP contribution is 2.25. The highest BCUT2D eigenvalue weighted by molar-refractivity contribution is 5.83. The molecule has 0 radical (unpaired) electrons. The van der Waals surface area contributed by atoms with Gasteiger partial charge in [0.15, 0.2) is 0 Å². The van der Waals surface area contributed by atoms with Crippen molar-refractivity contribution < 1.29 is 19.2 Å². The molecule has 1 heterocycles. The van der Waals surface area contributed by atoms with Gasteiger partial charge in [-0.2, -0.15) is 0 Å². The molecule has 1 atom stereocenters. The molecule has 0 aromatic heterocycles. The number of hydrogen-bond acceptors (Lipinski definition) is 5. The average Bonchev–Trinajstić information content (AvgIpc) is 2.59. The predicted molar refractivity (Wildman–Crippen MR) is 56.3 cm³/mol. The zero-order chi connectivity index (χ0) is 12.4. The summed E-state index contributed by atoms with van der Waals surface area (Å²) in [6.07, 6.45) is -0.666. The van der Waals surface area contributed by atoms with Gasteiger partial charge < -0.3 is 5.11 Å². The van der Waals surface area contributed by atoms with Gasteiger partial charge in [0.1, 0.15) is 11.4 Å². The summed E-state index contributed by atoms with van der Waals surface area (Å²) in [5.74, 6) is -0.552. The van der Waals surface area contributed by atoms with Crippen LogP contribution < -0.4 is 5.48 Å². The van der Waals surface area contributed by atoms with E-state index in [4.69, 9.17) is 10.3 Å². The number of hydroxylamine groups is 1. The molecule has 0 fully saturated rings. The first-order valence-corrected chi connectivity index (χ1v) is 4.70. The van der Waals surface area contributed by atoms with Crippen molar-refractivity contribution in [3.05, 3.63) is 35.5 Å². The standard InChI is InChI=1S/C10H9F2N3O2/c11-9-8(15(12)10(13-9)14-17)5-6-1-3-7(16)4-2-6/h1-5,9,16-17H,(H,13,14)/b8-5-. The van der Waals surface area contributed by atoms with Gasteiger partial charge in [-0.3, -0.25) is 5.21 Å². The van der Waals surface area contributed by atoms with E-state index in [1.165, 1.54) is 35.8 Å². The minimum atomic E-state index is -1.89. The summed E-state index contributed by atoms with van der Waals surface area (Å²) >= 11 is 0. The number of phenolic OH excluding ortho intramolecular Hbond substituents is 1. The van der Waals surface area contributed by atoms with Crippen molar-refractivity contribution in [2.24, 2.45) is 4.99 Å². The van der Waals surface area contributed by atoms with E-state index in [1.807, 2.05) is 0 Å². The van der Waals surface area contributed by atoms with Crippen LogP contribution in [0.3, 0.4) is 0 Å². The van der Waals surface area contributed by atoms with Crippen LogP contribution in [0.4, 0.5) is 8.87 Å². The van der Waals surface area contributed by atoms with E-state index in [1.54, 1.807) is 0 Å². The van der Waals surface area contributed by atoms with Crippen molar-refractivity contribution in [3.63, 3.8) is 0 Å². The molecule has 17 heavy (non-hydrogen) atoms. The Balaban J connectivity index is 2.26. The maximum Gasteiger partial charge on any atom is 0.254 e. The van der Waals surface area contributed by atoms with E-state index in [0.29, 0.717) is 5.56 Å². The third kappa shape index (κ3) is 2.18. The number of halogens is 2. The van der Waals surface area contributed by atoms with E-state index in [0.717, 1.165) is 0 Å². The Hall–Kier alpha value is -2.15. The highest BCUT2D eigenvalue weighted by atomic mass is 19.2. The summed E-state index contributed by atoms with van der Waals surface area (Å²) in [7, 11) is 0. The molecule has 1 aromatic rings. The zero-order valence-electron chi connectivity index (χ0n) is 8.51. The van der Waals surface area contributed by atoms with Crippen molar-refractivity contribution in [2.75, 3.05) is 0 Å². The molecule has 1 aliphatic rings. The largest absolute Gasteiger partial charge is 0.508 e. The van der Waals surface area contributed by atoms with Crippen LogP contribution in [-0.2, 0) is 0 Å². The molecule has 1 unspecified atom stereocenters. The summed E-state index contributed by atoms with van der Waals surface area (Å²) in [5, 5.41) is 17.5. The van der Waals surface area contributed by atoms with E-state index in [-0.39, 0.29) is 16.6 Å². The van der Waals surface area contributed by atoms with Crippen LogP contribution >= 0.6 is 0 Å². The Kier molecular flexibility index (Phi) is 2.92. The first kappa shape index (κ1) is 11.3. The van der Waals surface area contributed by atoms with Gasteiger partial charge >= 0.3 is 0 Å². The number of rotatable bonds is 1. The Bertz CT molecular complexity index is 473. The van der Waals surface area contributed by atoms with Gasteiger partial charge in [0.2, 0.25) is 6.30 Å². The Labute approximate surface area is 95.2 Å². The number of aromatic hydroxyl groups is 1. The molecule has 2 rings (SSSR count). The van der Waals surface area contributed by atoms with E-state index in [9.17, 15) is 8.87 Å². The molecule has 90 valence electrons.